The Morgan fingerprint density at radius 1 is 1.16 bits per heavy atom. The third kappa shape index (κ3) is 11.3. The average molecular weight is 488 g/mol. The first-order valence-corrected chi connectivity index (χ1v) is 11.0. The van der Waals surface area contributed by atoms with Crippen LogP contribution in [0.3, 0.4) is 0 Å². The number of hydrogen-bond acceptors (Lipinski definition) is 4. The van der Waals surface area contributed by atoms with E-state index in [4.69, 9.17) is 0 Å². The van der Waals surface area contributed by atoms with E-state index in [0.717, 1.165) is 25.6 Å². The van der Waals surface area contributed by atoms with Gasteiger partial charge in [-0.05, 0) is 11.8 Å². The van der Waals surface area contributed by atoms with Gasteiger partial charge in [-0.2, -0.15) is 0 Å². The lowest BCUT2D eigenvalue weighted by molar-refractivity contribution is 0.298. The van der Waals surface area contributed by atoms with E-state index in [1.54, 1.807) is 7.05 Å². The van der Waals surface area contributed by atoms with Crippen LogP contribution in [0.25, 0.3) is 0 Å². The van der Waals surface area contributed by atoms with Crippen LogP contribution >= 0.6 is 24.0 Å². The molecule has 1 saturated heterocycles. The van der Waals surface area contributed by atoms with E-state index >= 15 is 0 Å². The smallest absolute Gasteiger partial charge is 0.191 e. The van der Waals surface area contributed by atoms with Crippen LogP contribution in [0.15, 0.2) is 4.99 Å². The second-order valence-electron chi connectivity index (χ2n) is 7.47. The van der Waals surface area contributed by atoms with E-state index in [1.807, 2.05) is 0 Å². The van der Waals surface area contributed by atoms with Crippen LogP contribution in [0.2, 0.25) is 0 Å². The van der Waals surface area contributed by atoms with Gasteiger partial charge in [-0.15, -0.1) is 24.0 Å². The summed E-state index contributed by atoms with van der Waals surface area (Å²) >= 11 is 0. The average Bonchev–Trinajstić information content (AvgIpc) is 2.52. The molecule has 1 aliphatic rings. The Morgan fingerprint density at radius 2 is 1.80 bits per heavy atom. The summed E-state index contributed by atoms with van der Waals surface area (Å²) in [5, 5.41) is 6.74. The SMILES string of the molecule is CCCCCC(C)(C)CNC(=NC)NCCN1CCS(=O)(=O)CC1.I. The second-order valence-corrected chi connectivity index (χ2v) is 9.77. The fourth-order valence-corrected chi connectivity index (χ4v) is 4.07. The molecule has 1 aliphatic heterocycles. The van der Waals surface area contributed by atoms with Crippen molar-refractivity contribution in [3.63, 3.8) is 0 Å². The van der Waals surface area contributed by atoms with Gasteiger partial charge in [0.25, 0.3) is 0 Å². The van der Waals surface area contributed by atoms with Crippen LogP contribution in [-0.4, -0.2) is 70.6 Å². The highest BCUT2D eigenvalue weighted by atomic mass is 127. The molecule has 0 saturated carbocycles. The number of sulfone groups is 1. The molecule has 2 N–H and O–H groups in total. The molecule has 150 valence electrons. The minimum absolute atomic E-state index is 0. The molecule has 0 radical (unpaired) electrons. The molecule has 0 spiro atoms. The highest BCUT2D eigenvalue weighted by Crippen LogP contribution is 2.22. The summed E-state index contributed by atoms with van der Waals surface area (Å²) in [6, 6.07) is 0. The fraction of sp³-hybridized carbons (Fsp3) is 0.941. The van der Waals surface area contributed by atoms with Gasteiger partial charge in [0, 0.05) is 39.8 Å². The molecule has 0 aromatic rings. The number of hydrogen-bond donors (Lipinski definition) is 2. The minimum Gasteiger partial charge on any atom is -0.356 e. The molecule has 25 heavy (non-hydrogen) atoms. The van der Waals surface area contributed by atoms with Gasteiger partial charge in [-0.1, -0.05) is 40.0 Å². The van der Waals surface area contributed by atoms with Crippen molar-refractivity contribution < 1.29 is 8.42 Å². The zero-order chi connectivity index (χ0) is 18.1. The summed E-state index contributed by atoms with van der Waals surface area (Å²) in [5.74, 6) is 1.39. The fourth-order valence-electron chi connectivity index (χ4n) is 2.79. The van der Waals surface area contributed by atoms with Crippen molar-refractivity contribution in [1.29, 1.82) is 0 Å². The minimum atomic E-state index is -2.79. The third-order valence-corrected chi connectivity index (χ3v) is 6.18. The summed E-state index contributed by atoms with van der Waals surface area (Å²) in [6.45, 7) is 10.6. The standard InChI is InChI=1S/C17H36N4O2S.HI/c1-5-6-7-8-17(2,3)15-20-16(18-4)19-9-10-21-11-13-24(22,23)14-12-21;/h5-15H2,1-4H3,(H2,18,19,20);1H. The Balaban J connectivity index is 0.00000576. The maximum Gasteiger partial charge on any atom is 0.191 e. The van der Waals surface area contributed by atoms with Gasteiger partial charge < -0.3 is 10.6 Å². The lowest BCUT2D eigenvalue weighted by Crippen LogP contribution is -2.47. The third-order valence-electron chi connectivity index (χ3n) is 4.57. The summed E-state index contributed by atoms with van der Waals surface area (Å²) in [6.07, 6.45) is 5.04. The lowest BCUT2D eigenvalue weighted by atomic mass is 9.87. The van der Waals surface area contributed by atoms with Crippen molar-refractivity contribution in [2.45, 2.75) is 46.5 Å². The predicted octanol–water partition coefficient (Wildman–Crippen LogP) is 2.11. The highest BCUT2D eigenvalue weighted by Gasteiger charge is 2.21. The molecule has 0 bridgehead atoms. The van der Waals surface area contributed by atoms with Gasteiger partial charge >= 0.3 is 0 Å². The van der Waals surface area contributed by atoms with Crippen molar-refractivity contribution in [3.05, 3.63) is 0 Å². The van der Waals surface area contributed by atoms with Crippen molar-refractivity contribution in [3.8, 4) is 0 Å². The number of rotatable bonds is 9. The van der Waals surface area contributed by atoms with E-state index < -0.39 is 9.84 Å². The molecule has 1 rings (SSSR count). The zero-order valence-electron chi connectivity index (χ0n) is 16.3. The van der Waals surface area contributed by atoms with Crippen LogP contribution < -0.4 is 10.6 Å². The summed E-state index contributed by atoms with van der Waals surface area (Å²) in [7, 11) is -1.01. The van der Waals surface area contributed by atoms with Crippen molar-refractivity contribution in [2.24, 2.45) is 10.4 Å². The Hall–Kier alpha value is -0.0900. The van der Waals surface area contributed by atoms with E-state index in [0.29, 0.717) is 13.1 Å². The first kappa shape index (κ1) is 24.9. The number of halogens is 1. The van der Waals surface area contributed by atoms with Crippen LogP contribution in [0.1, 0.15) is 46.5 Å². The monoisotopic (exact) mass is 488 g/mol. The van der Waals surface area contributed by atoms with Gasteiger partial charge in [0.05, 0.1) is 11.5 Å². The molecule has 1 fully saturated rings. The van der Waals surface area contributed by atoms with Gasteiger partial charge in [0.2, 0.25) is 0 Å². The Labute approximate surface area is 171 Å². The summed E-state index contributed by atoms with van der Waals surface area (Å²) < 4.78 is 22.9. The molecule has 0 aromatic carbocycles. The van der Waals surface area contributed by atoms with Gasteiger partial charge in [0.15, 0.2) is 15.8 Å². The topological polar surface area (TPSA) is 73.8 Å². The van der Waals surface area contributed by atoms with Crippen LogP contribution in [0.5, 0.6) is 0 Å². The maximum absolute atomic E-state index is 11.4. The second kappa shape index (κ2) is 12.3. The Bertz CT molecular complexity index is 481. The number of nitrogens with zero attached hydrogens (tertiary/aromatic N) is 2. The van der Waals surface area contributed by atoms with Crippen LogP contribution in [0, 0.1) is 5.41 Å². The lowest BCUT2D eigenvalue weighted by Gasteiger charge is -2.28. The summed E-state index contributed by atoms with van der Waals surface area (Å²) in [4.78, 5) is 6.46. The summed E-state index contributed by atoms with van der Waals surface area (Å²) in [5.41, 5.74) is 0.258. The van der Waals surface area contributed by atoms with Gasteiger partial charge in [-0.3, -0.25) is 9.89 Å². The van der Waals surface area contributed by atoms with E-state index in [1.165, 1.54) is 25.7 Å². The molecule has 8 heteroatoms. The van der Waals surface area contributed by atoms with Crippen molar-refractivity contribution in [2.75, 3.05) is 51.3 Å². The number of unbranched alkanes of at least 4 members (excludes halogenated alkanes) is 2. The van der Waals surface area contributed by atoms with E-state index in [2.05, 4.69) is 41.3 Å². The Kier molecular flexibility index (Phi) is 12.3. The molecular weight excluding hydrogens is 451 g/mol. The number of nitrogens with one attached hydrogen (secondary N) is 2. The predicted molar refractivity (Wildman–Crippen MR) is 118 cm³/mol. The number of guanidine groups is 1. The number of aliphatic imine (C=N–C) groups is 1. The van der Waals surface area contributed by atoms with E-state index in [9.17, 15) is 8.42 Å². The normalized spacial score (nSPS) is 18.5. The molecule has 0 aromatic heterocycles. The van der Waals surface area contributed by atoms with Crippen molar-refractivity contribution in [1.82, 2.24) is 15.5 Å². The molecule has 0 atom stereocenters. The largest absolute Gasteiger partial charge is 0.356 e. The Morgan fingerprint density at radius 3 is 2.36 bits per heavy atom. The van der Waals surface area contributed by atoms with Crippen LogP contribution in [-0.2, 0) is 9.84 Å². The highest BCUT2D eigenvalue weighted by molar-refractivity contribution is 14.0. The van der Waals surface area contributed by atoms with Crippen molar-refractivity contribution >= 4 is 39.8 Å². The molecule has 0 unspecified atom stereocenters. The zero-order valence-corrected chi connectivity index (χ0v) is 19.5. The maximum atomic E-state index is 11.4. The van der Waals surface area contributed by atoms with E-state index in [-0.39, 0.29) is 40.9 Å². The molecule has 1 heterocycles. The van der Waals surface area contributed by atoms with Gasteiger partial charge in [-0.25, -0.2) is 8.42 Å². The molecule has 6 nitrogen and oxygen atoms in total. The molecule has 0 aliphatic carbocycles. The molecule has 0 amide bonds. The first-order chi connectivity index (χ1) is 11.3. The molecular formula is C17H37IN4O2S. The van der Waals surface area contributed by atoms with Gasteiger partial charge in [0.1, 0.15) is 0 Å². The van der Waals surface area contributed by atoms with Crippen LogP contribution in [0.4, 0.5) is 0 Å². The quantitative estimate of drug-likeness (QED) is 0.225. The first-order valence-electron chi connectivity index (χ1n) is 9.15.